The van der Waals surface area contributed by atoms with E-state index in [9.17, 15) is 35.2 Å². The second-order valence-electron chi connectivity index (χ2n) is 5.96. The van der Waals surface area contributed by atoms with E-state index in [4.69, 9.17) is 0 Å². The van der Waals surface area contributed by atoms with Gasteiger partial charge in [-0.2, -0.15) is 4.31 Å². The van der Waals surface area contributed by atoms with Crippen LogP contribution in [0.25, 0.3) is 0 Å². The number of sulfonamides is 1. The third kappa shape index (κ3) is 2.99. The van der Waals surface area contributed by atoms with Crippen LogP contribution in [0.5, 0.6) is 0 Å². The second kappa shape index (κ2) is 6.20. The van der Waals surface area contributed by atoms with Gasteiger partial charge in [0, 0.05) is 12.6 Å². The number of nitrogens with one attached hydrogen (secondary N) is 1. The zero-order chi connectivity index (χ0) is 18.5. The third-order valence-electron chi connectivity index (χ3n) is 4.17. The fourth-order valence-corrected chi connectivity index (χ4v) is 4.52. The number of carbonyl (C=O) groups is 1. The number of hydrogen-bond acceptors (Lipinski definition) is 3. The largest absolute Gasteiger partial charge is 0.352 e. The average molecular weight is 384 g/mol. The molecule has 25 heavy (non-hydrogen) atoms. The fraction of sp³-hybridized carbons (Fsp3) is 0.500. The van der Waals surface area contributed by atoms with Gasteiger partial charge in [0.25, 0.3) is 0 Å². The molecule has 3 rings (SSSR count). The molecule has 1 atom stereocenters. The van der Waals surface area contributed by atoms with E-state index in [1.807, 2.05) is 0 Å². The summed E-state index contributed by atoms with van der Waals surface area (Å²) in [5.74, 6) is -12.7. The molecule has 2 aliphatic rings. The van der Waals surface area contributed by atoms with E-state index in [0.717, 1.165) is 12.8 Å². The van der Waals surface area contributed by atoms with Crippen LogP contribution in [-0.4, -0.2) is 37.3 Å². The van der Waals surface area contributed by atoms with Crippen molar-refractivity contribution in [2.45, 2.75) is 42.7 Å². The number of hydrogen-bond donors (Lipinski definition) is 1. The van der Waals surface area contributed by atoms with Crippen LogP contribution in [-0.2, 0) is 14.8 Å². The molecule has 5 nitrogen and oxygen atoms in total. The van der Waals surface area contributed by atoms with Crippen LogP contribution in [0.2, 0.25) is 0 Å². The molecular weight excluding hydrogens is 371 g/mol. The van der Waals surface area contributed by atoms with Crippen molar-refractivity contribution in [3.05, 3.63) is 29.1 Å². The molecule has 1 aromatic rings. The van der Waals surface area contributed by atoms with Crippen molar-refractivity contribution in [3.63, 3.8) is 0 Å². The normalized spacial score (nSPS) is 21.6. The first-order valence-electron chi connectivity index (χ1n) is 7.50. The summed E-state index contributed by atoms with van der Waals surface area (Å²) in [6.45, 7) is -0.259. The van der Waals surface area contributed by atoms with E-state index in [1.165, 1.54) is 0 Å². The quantitative estimate of drug-likeness (QED) is 0.489. The van der Waals surface area contributed by atoms with Gasteiger partial charge in [0.05, 0.1) is 0 Å². The summed E-state index contributed by atoms with van der Waals surface area (Å²) in [7, 11) is -5.10. The van der Waals surface area contributed by atoms with Gasteiger partial charge < -0.3 is 5.32 Å². The van der Waals surface area contributed by atoms with Gasteiger partial charge in [-0.05, 0) is 25.7 Å². The maximum atomic E-state index is 13.9. The topological polar surface area (TPSA) is 66.5 Å². The predicted molar refractivity (Wildman–Crippen MR) is 74.3 cm³/mol. The van der Waals surface area contributed by atoms with Crippen LogP contribution in [0.15, 0.2) is 4.90 Å². The summed E-state index contributed by atoms with van der Waals surface area (Å²) < 4.78 is 93.1. The summed E-state index contributed by atoms with van der Waals surface area (Å²) in [4.78, 5) is 10.2. The van der Waals surface area contributed by atoms with Crippen LogP contribution < -0.4 is 5.32 Å². The van der Waals surface area contributed by atoms with Gasteiger partial charge in [-0.3, -0.25) is 4.79 Å². The summed E-state index contributed by atoms with van der Waals surface area (Å²) in [5, 5.41) is 2.57. The number of halogens is 5. The van der Waals surface area contributed by atoms with E-state index in [2.05, 4.69) is 5.32 Å². The number of nitrogens with zero attached hydrogens (tertiary/aromatic N) is 1. The third-order valence-corrected chi connectivity index (χ3v) is 6.10. The molecule has 1 N–H and O–H groups in total. The molecule has 0 bridgehead atoms. The van der Waals surface area contributed by atoms with Gasteiger partial charge in [-0.1, -0.05) is 0 Å². The van der Waals surface area contributed by atoms with Crippen molar-refractivity contribution >= 4 is 15.9 Å². The van der Waals surface area contributed by atoms with Gasteiger partial charge >= 0.3 is 0 Å². The molecule has 2 fully saturated rings. The number of amides is 1. The highest BCUT2D eigenvalue weighted by atomic mass is 32.2. The van der Waals surface area contributed by atoms with E-state index in [0.29, 0.717) is 4.31 Å². The minimum atomic E-state index is -5.10. The van der Waals surface area contributed by atoms with Crippen LogP contribution in [0.1, 0.15) is 25.7 Å². The molecular formula is C14H13F5N2O3S. The molecule has 0 spiro atoms. The Morgan fingerprint density at radius 2 is 1.44 bits per heavy atom. The zero-order valence-electron chi connectivity index (χ0n) is 12.7. The van der Waals surface area contributed by atoms with Crippen LogP contribution in [0.4, 0.5) is 22.0 Å². The van der Waals surface area contributed by atoms with Gasteiger partial charge in [-0.15, -0.1) is 0 Å². The highest BCUT2D eigenvalue weighted by Crippen LogP contribution is 2.33. The Balaban J connectivity index is 2.02. The second-order valence-corrected chi connectivity index (χ2v) is 7.78. The van der Waals surface area contributed by atoms with E-state index < -0.39 is 56.0 Å². The number of rotatable bonds is 4. The maximum Gasteiger partial charge on any atom is 0.249 e. The first-order valence-corrected chi connectivity index (χ1v) is 8.94. The van der Waals surface area contributed by atoms with Crippen LogP contribution >= 0.6 is 0 Å². The van der Waals surface area contributed by atoms with Crippen molar-refractivity contribution < 1.29 is 35.2 Å². The van der Waals surface area contributed by atoms with E-state index in [1.54, 1.807) is 0 Å². The lowest BCUT2D eigenvalue weighted by molar-refractivity contribution is -0.124. The molecule has 1 aliphatic heterocycles. The van der Waals surface area contributed by atoms with Crippen molar-refractivity contribution in [1.82, 2.24) is 9.62 Å². The molecule has 1 heterocycles. The zero-order valence-corrected chi connectivity index (χ0v) is 13.5. The molecule has 1 aromatic carbocycles. The Morgan fingerprint density at radius 1 is 0.920 bits per heavy atom. The Morgan fingerprint density at radius 3 is 1.96 bits per heavy atom. The Labute approximate surface area is 139 Å². The smallest absolute Gasteiger partial charge is 0.249 e. The molecule has 1 saturated carbocycles. The molecule has 0 unspecified atom stereocenters. The molecule has 138 valence electrons. The molecule has 1 aliphatic carbocycles. The molecule has 1 saturated heterocycles. The summed E-state index contributed by atoms with van der Waals surface area (Å²) in [5.41, 5.74) is 0. The predicted octanol–water partition coefficient (Wildman–Crippen LogP) is 1.81. The van der Waals surface area contributed by atoms with Gasteiger partial charge in [0.2, 0.25) is 21.7 Å². The summed E-state index contributed by atoms with van der Waals surface area (Å²) >= 11 is 0. The van der Waals surface area contributed by atoms with Gasteiger partial charge in [0.15, 0.2) is 28.2 Å². The Bertz CT molecular complexity index is 812. The standard InChI is InChI=1S/C14H13F5N2O3S/c15-8-9(16)11(18)13(12(19)10(8)17)25(23,24)21-5-1-2-7(21)14(22)20-6-3-4-6/h6-7H,1-5H2,(H,20,22)/t7-/m1/s1. The Kier molecular flexibility index (Phi) is 4.48. The number of benzene rings is 1. The highest BCUT2D eigenvalue weighted by Gasteiger charge is 2.44. The lowest BCUT2D eigenvalue weighted by atomic mass is 10.2. The van der Waals surface area contributed by atoms with Crippen molar-refractivity contribution in [1.29, 1.82) is 0 Å². The van der Waals surface area contributed by atoms with Gasteiger partial charge in [-0.25, -0.2) is 30.4 Å². The van der Waals surface area contributed by atoms with Crippen LogP contribution in [0.3, 0.4) is 0 Å². The first-order chi connectivity index (χ1) is 11.7. The van der Waals surface area contributed by atoms with Crippen molar-refractivity contribution in [2.75, 3.05) is 6.54 Å². The maximum absolute atomic E-state index is 13.9. The van der Waals surface area contributed by atoms with Crippen LogP contribution in [0, 0.1) is 29.1 Å². The lowest BCUT2D eigenvalue weighted by Crippen LogP contribution is -2.46. The monoisotopic (exact) mass is 384 g/mol. The minimum Gasteiger partial charge on any atom is -0.352 e. The summed E-state index contributed by atoms with van der Waals surface area (Å²) in [6, 6.07) is -1.33. The van der Waals surface area contributed by atoms with E-state index >= 15 is 0 Å². The molecule has 11 heteroatoms. The van der Waals surface area contributed by atoms with Gasteiger partial charge in [0.1, 0.15) is 6.04 Å². The number of carbonyl (C=O) groups excluding carboxylic acids is 1. The van der Waals surface area contributed by atoms with E-state index in [-0.39, 0.29) is 25.4 Å². The summed E-state index contributed by atoms with van der Waals surface area (Å²) in [6.07, 6.45) is 1.79. The fourth-order valence-electron chi connectivity index (χ4n) is 2.74. The van der Waals surface area contributed by atoms with Crippen molar-refractivity contribution in [3.8, 4) is 0 Å². The molecule has 1 amide bonds. The minimum absolute atomic E-state index is 0.0770. The first kappa shape index (κ1) is 18.1. The average Bonchev–Trinajstić information content (AvgIpc) is 3.21. The van der Waals surface area contributed by atoms with Crippen molar-refractivity contribution in [2.24, 2.45) is 0 Å². The lowest BCUT2D eigenvalue weighted by Gasteiger charge is -2.24. The highest BCUT2D eigenvalue weighted by molar-refractivity contribution is 7.89. The molecule has 0 aromatic heterocycles. The molecule has 0 radical (unpaired) electrons. The Hall–Kier alpha value is -1.75. The SMILES string of the molecule is O=C(NC1CC1)[C@H]1CCCN1S(=O)(=O)c1c(F)c(F)c(F)c(F)c1F.